The van der Waals surface area contributed by atoms with Gasteiger partial charge in [0.05, 0.1) is 0 Å². The van der Waals surface area contributed by atoms with Gasteiger partial charge in [-0.15, -0.1) is 0 Å². The summed E-state index contributed by atoms with van der Waals surface area (Å²) in [6.07, 6.45) is 3.39. The third-order valence-electron chi connectivity index (χ3n) is 5.01. The van der Waals surface area contributed by atoms with Crippen LogP contribution in [0.1, 0.15) is 45.8 Å². The lowest BCUT2D eigenvalue weighted by atomic mass is 9.82. The first-order valence-electron chi connectivity index (χ1n) is 8.96. The molecule has 1 unspecified atom stereocenters. The second kappa shape index (κ2) is 7.70. The van der Waals surface area contributed by atoms with Crippen molar-refractivity contribution in [3.8, 4) is 0 Å². The molecule has 0 heterocycles. The van der Waals surface area contributed by atoms with Crippen molar-refractivity contribution in [2.24, 2.45) is 5.73 Å². The number of hydrogen-bond donors (Lipinski definition) is 2. The van der Waals surface area contributed by atoms with E-state index >= 15 is 0 Å². The van der Waals surface area contributed by atoms with Crippen LogP contribution in [-0.2, 0) is 13.0 Å². The number of rotatable bonds is 5. The number of aryl methyl sites for hydroxylation is 1. The van der Waals surface area contributed by atoms with Crippen LogP contribution in [0.15, 0.2) is 42.5 Å². The predicted molar refractivity (Wildman–Crippen MR) is 103 cm³/mol. The van der Waals surface area contributed by atoms with E-state index in [0.717, 1.165) is 29.7 Å². The minimum Gasteiger partial charge on any atom is -0.378 e. The Morgan fingerprint density at radius 3 is 2.84 bits per heavy atom. The van der Waals surface area contributed by atoms with Crippen molar-refractivity contribution in [3.05, 3.63) is 64.7 Å². The Morgan fingerprint density at radius 2 is 2.08 bits per heavy atom. The molecule has 0 bridgehead atoms. The van der Waals surface area contributed by atoms with E-state index in [1.807, 2.05) is 38.4 Å². The van der Waals surface area contributed by atoms with Crippen molar-refractivity contribution < 1.29 is 4.79 Å². The topological polar surface area (TPSA) is 58.4 Å². The highest BCUT2D eigenvalue weighted by Crippen LogP contribution is 2.31. The molecular weight excluding hydrogens is 310 g/mol. The molecule has 1 atom stereocenters. The van der Waals surface area contributed by atoms with Gasteiger partial charge in [-0.25, -0.2) is 0 Å². The van der Waals surface area contributed by atoms with E-state index in [1.165, 1.54) is 17.5 Å². The molecule has 0 fully saturated rings. The van der Waals surface area contributed by atoms with Gasteiger partial charge in [0.15, 0.2) is 0 Å². The summed E-state index contributed by atoms with van der Waals surface area (Å²) in [6, 6.07) is 14.3. The Labute approximate surface area is 150 Å². The lowest BCUT2D eigenvalue weighted by Gasteiger charge is -2.24. The molecule has 4 nitrogen and oxygen atoms in total. The fourth-order valence-corrected chi connectivity index (χ4v) is 3.51. The zero-order chi connectivity index (χ0) is 17.8. The molecule has 1 amide bonds. The Hall–Kier alpha value is -2.33. The zero-order valence-electron chi connectivity index (χ0n) is 15.1. The number of carbonyl (C=O) groups is 1. The van der Waals surface area contributed by atoms with Crippen LogP contribution >= 0.6 is 0 Å². The van der Waals surface area contributed by atoms with Gasteiger partial charge in [0.25, 0.3) is 5.91 Å². The van der Waals surface area contributed by atoms with Gasteiger partial charge in [-0.05, 0) is 72.7 Å². The summed E-state index contributed by atoms with van der Waals surface area (Å²) in [5.74, 6) is 0.354. The molecule has 0 radical (unpaired) electrons. The molecule has 0 spiro atoms. The highest BCUT2D eigenvalue weighted by molar-refractivity contribution is 5.94. The first-order chi connectivity index (χ1) is 12.1. The van der Waals surface area contributed by atoms with Crippen LogP contribution in [0.2, 0.25) is 0 Å². The summed E-state index contributed by atoms with van der Waals surface area (Å²) in [7, 11) is 4.03. The maximum Gasteiger partial charge on any atom is 0.251 e. The molecule has 0 aromatic heterocycles. The molecule has 2 aromatic rings. The smallest absolute Gasteiger partial charge is 0.251 e. The molecule has 0 saturated heterocycles. The molecule has 3 N–H and O–H groups in total. The van der Waals surface area contributed by atoms with Crippen LogP contribution in [0.3, 0.4) is 0 Å². The van der Waals surface area contributed by atoms with Gasteiger partial charge >= 0.3 is 0 Å². The Balaban J connectivity index is 1.70. The van der Waals surface area contributed by atoms with E-state index in [4.69, 9.17) is 5.73 Å². The second-order valence-electron chi connectivity index (χ2n) is 6.99. The van der Waals surface area contributed by atoms with Crippen molar-refractivity contribution in [2.75, 3.05) is 25.5 Å². The van der Waals surface area contributed by atoms with E-state index in [2.05, 4.69) is 28.4 Å². The van der Waals surface area contributed by atoms with E-state index in [-0.39, 0.29) is 5.91 Å². The Kier molecular flexibility index (Phi) is 5.39. The predicted octanol–water partition coefficient (Wildman–Crippen LogP) is 3.06. The van der Waals surface area contributed by atoms with Crippen LogP contribution in [0, 0.1) is 0 Å². The summed E-state index contributed by atoms with van der Waals surface area (Å²) in [5.41, 5.74) is 11.5. The van der Waals surface area contributed by atoms with Crippen molar-refractivity contribution in [1.82, 2.24) is 5.32 Å². The zero-order valence-corrected chi connectivity index (χ0v) is 15.1. The molecule has 1 aliphatic rings. The fraction of sp³-hybridized carbons (Fsp3) is 0.381. The van der Waals surface area contributed by atoms with E-state index in [1.54, 1.807) is 0 Å². The van der Waals surface area contributed by atoms with E-state index < -0.39 is 0 Å². The molecule has 4 heteroatoms. The number of benzene rings is 2. The second-order valence-corrected chi connectivity index (χ2v) is 6.99. The highest BCUT2D eigenvalue weighted by Gasteiger charge is 2.20. The minimum absolute atomic E-state index is 0.0283. The SMILES string of the molecule is CN(C)c1cccc(CNC(=O)c2ccc3c(c2)C(CN)CCC3)c1. The largest absolute Gasteiger partial charge is 0.378 e. The first kappa shape index (κ1) is 17.5. The molecule has 1 aliphatic carbocycles. The summed E-state index contributed by atoms with van der Waals surface area (Å²) < 4.78 is 0. The van der Waals surface area contributed by atoms with Crippen molar-refractivity contribution in [2.45, 2.75) is 31.7 Å². The van der Waals surface area contributed by atoms with E-state index in [0.29, 0.717) is 19.0 Å². The van der Waals surface area contributed by atoms with Crippen LogP contribution in [-0.4, -0.2) is 26.5 Å². The van der Waals surface area contributed by atoms with Gasteiger partial charge in [0.2, 0.25) is 0 Å². The summed E-state index contributed by atoms with van der Waals surface area (Å²) in [4.78, 5) is 14.6. The summed E-state index contributed by atoms with van der Waals surface area (Å²) in [6.45, 7) is 1.17. The van der Waals surface area contributed by atoms with Crippen molar-refractivity contribution >= 4 is 11.6 Å². The highest BCUT2D eigenvalue weighted by atomic mass is 16.1. The molecule has 0 aliphatic heterocycles. The number of anilines is 1. The fourth-order valence-electron chi connectivity index (χ4n) is 3.51. The van der Waals surface area contributed by atoms with Gasteiger partial charge in [0, 0.05) is 31.9 Å². The number of hydrogen-bond acceptors (Lipinski definition) is 3. The number of nitrogens with one attached hydrogen (secondary N) is 1. The maximum absolute atomic E-state index is 12.6. The molecule has 132 valence electrons. The van der Waals surface area contributed by atoms with Gasteiger partial charge in [0.1, 0.15) is 0 Å². The summed E-state index contributed by atoms with van der Waals surface area (Å²) in [5, 5.41) is 3.03. The monoisotopic (exact) mass is 337 g/mol. The van der Waals surface area contributed by atoms with Crippen LogP contribution < -0.4 is 16.0 Å². The van der Waals surface area contributed by atoms with Crippen molar-refractivity contribution in [1.29, 1.82) is 0 Å². The number of fused-ring (bicyclic) bond motifs is 1. The van der Waals surface area contributed by atoms with Gasteiger partial charge in [-0.3, -0.25) is 4.79 Å². The minimum atomic E-state index is -0.0283. The Morgan fingerprint density at radius 1 is 1.24 bits per heavy atom. The number of nitrogens with two attached hydrogens (primary N) is 1. The molecular formula is C21H27N3O. The lowest BCUT2D eigenvalue weighted by molar-refractivity contribution is 0.0950. The quantitative estimate of drug-likeness (QED) is 0.881. The maximum atomic E-state index is 12.6. The van der Waals surface area contributed by atoms with Crippen LogP contribution in [0.4, 0.5) is 5.69 Å². The average Bonchev–Trinajstić information content (AvgIpc) is 2.65. The third-order valence-corrected chi connectivity index (χ3v) is 5.01. The first-order valence-corrected chi connectivity index (χ1v) is 8.96. The lowest BCUT2D eigenvalue weighted by Crippen LogP contribution is -2.24. The standard InChI is InChI=1S/C21H27N3O/c1-24(2)19-8-3-5-15(11-19)14-23-21(25)17-10-9-16-6-4-7-18(13-22)20(16)12-17/h3,5,8-12,18H,4,6-7,13-14,22H2,1-2H3,(H,23,25). The molecule has 25 heavy (non-hydrogen) atoms. The van der Waals surface area contributed by atoms with Gasteiger partial charge in [-0.1, -0.05) is 18.2 Å². The third kappa shape index (κ3) is 4.02. The van der Waals surface area contributed by atoms with Gasteiger partial charge in [-0.2, -0.15) is 0 Å². The molecule has 3 rings (SSSR count). The van der Waals surface area contributed by atoms with Crippen LogP contribution in [0.5, 0.6) is 0 Å². The van der Waals surface area contributed by atoms with Crippen LogP contribution in [0.25, 0.3) is 0 Å². The Bertz CT molecular complexity index is 755. The normalized spacial score (nSPS) is 16.2. The van der Waals surface area contributed by atoms with E-state index in [9.17, 15) is 4.79 Å². The average molecular weight is 337 g/mol. The molecule has 2 aromatic carbocycles. The number of amides is 1. The van der Waals surface area contributed by atoms with Crippen molar-refractivity contribution in [3.63, 3.8) is 0 Å². The number of nitrogens with zero attached hydrogens (tertiary/aromatic N) is 1. The van der Waals surface area contributed by atoms with Gasteiger partial charge < -0.3 is 16.0 Å². The summed E-state index contributed by atoms with van der Waals surface area (Å²) >= 11 is 0. The molecule has 0 saturated carbocycles. The number of carbonyl (C=O) groups excluding carboxylic acids is 1.